The zero-order valence-corrected chi connectivity index (χ0v) is 12.5. The zero-order valence-electron chi connectivity index (χ0n) is 11.7. The van der Waals surface area contributed by atoms with Gasteiger partial charge >= 0.3 is 0 Å². The first kappa shape index (κ1) is 14.9. The Kier molecular flexibility index (Phi) is 4.51. The molecule has 2 aromatic carbocycles. The van der Waals surface area contributed by atoms with E-state index < -0.39 is 10.8 Å². The van der Waals surface area contributed by atoms with E-state index in [1.54, 1.807) is 24.3 Å². The Morgan fingerprint density at radius 2 is 2.00 bits per heavy atom. The van der Waals surface area contributed by atoms with Gasteiger partial charge in [0.1, 0.15) is 6.07 Å². The van der Waals surface area contributed by atoms with E-state index >= 15 is 0 Å². The van der Waals surface area contributed by atoms with Gasteiger partial charge in [0.05, 0.1) is 21.3 Å². The number of nitriles is 1. The second-order valence-corrected chi connectivity index (χ2v) is 5.95. The molecule has 0 saturated carbocycles. The lowest BCUT2D eigenvalue weighted by Gasteiger charge is -2.08. The molecule has 0 bridgehead atoms. The second kappa shape index (κ2) is 6.33. The first-order chi connectivity index (χ1) is 10.0. The molecule has 1 atom stereocenters. The third-order valence-electron chi connectivity index (χ3n) is 2.95. The van der Waals surface area contributed by atoms with Gasteiger partial charge in [0, 0.05) is 17.5 Å². The molecule has 0 heterocycles. The largest absolute Gasteiger partial charge is 0.322 e. The fraction of sp³-hybridized carbons (Fsp3) is 0.125. The number of rotatable bonds is 3. The van der Waals surface area contributed by atoms with Gasteiger partial charge in [-0.1, -0.05) is 17.7 Å². The zero-order chi connectivity index (χ0) is 15.4. The van der Waals surface area contributed by atoms with Crippen LogP contribution in [-0.2, 0) is 10.8 Å². The number of hydrogen-bond donors (Lipinski definition) is 1. The van der Waals surface area contributed by atoms with Crippen molar-refractivity contribution in [1.29, 1.82) is 5.26 Å². The summed E-state index contributed by atoms with van der Waals surface area (Å²) in [4.78, 5) is 12.6. The third kappa shape index (κ3) is 3.56. The van der Waals surface area contributed by atoms with Crippen molar-refractivity contribution in [3.8, 4) is 6.07 Å². The summed E-state index contributed by atoms with van der Waals surface area (Å²) in [7, 11) is -1.24. The van der Waals surface area contributed by atoms with Crippen molar-refractivity contribution >= 4 is 22.4 Å². The lowest BCUT2D eigenvalue weighted by atomic mass is 10.1. The predicted octanol–water partition coefficient (Wildman–Crippen LogP) is 2.86. The first-order valence-corrected chi connectivity index (χ1v) is 7.82. The van der Waals surface area contributed by atoms with E-state index in [1.165, 1.54) is 12.3 Å². The number of anilines is 1. The normalized spacial score (nSPS) is 11.5. The number of carbonyl (C=O) groups is 1. The number of amides is 1. The Morgan fingerprint density at radius 1 is 1.24 bits per heavy atom. The van der Waals surface area contributed by atoms with Crippen LogP contribution in [0.2, 0.25) is 0 Å². The first-order valence-electron chi connectivity index (χ1n) is 6.27. The standard InChI is InChI=1S/C16H14N2O2S/c1-11-4-3-5-12(8-11)16(19)18-14-6-7-15(21(2)20)13(9-14)10-17/h3-9H,1-2H3,(H,18,19). The van der Waals surface area contributed by atoms with Gasteiger partial charge in [-0.25, -0.2) is 0 Å². The summed E-state index contributed by atoms with van der Waals surface area (Å²) in [6.07, 6.45) is 1.52. The fourth-order valence-electron chi connectivity index (χ4n) is 1.94. The molecule has 5 heteroatoms. The minimum absolute atomic E-state index is 0.243. The summed E-state index contributed by atoms with van der Waals surface area (Å²) in [6.45, 7) is 1.91. The van der Waals surface area contributed by atoms with E-state index in [4.69, 9.17) is 5.26 Å². The monoisotopic (exact) mass is 298 g/mol. The molecular weight excluding hydrogens is 284 g/mol. The quantitative estimate of drug-likeness (QED) is 0.947. The highest BCUT2D eigenvalue weighted by atomic mass is 32.2. The molecule has 4 nitrogen and oxygen atoms in total. The van der Waals surface area contributed by atoms with Crippen LogP contribution < -0.4 is 5.32 Å². The number of carbonyl (C=O) groups excluding carboxylic acids is 1. The highest BCUT2D eigenvalue weighted by Gasteiger charge is 2.10. The van der Waals surface area contributed by atoms with Crippen molar-refractivity contribution in [3.63, 3.8) is 0 Å². The smallest absolute Gasteiger partial charge is 0.255 e. The van der Waals surface area contributed by atoms with E-state index in [9.17, 15) is 9.00 Å². The molecule has 0 aliphatic rings. The van der Waals surface area contributed by atoms with Gasteiger partial charge in [0.25, 0.3) is 5.91 Å². The Morgan fingerprint density at radius 3 is 2.62 bits per heavy atom. The van der Waals surface area contributed by atoms with Crippen molar-refractivity contribution in [2.24, 2.45) is 0 Å². The van der Waals surface area contributed by atoms with Crippen LogP contribution in [0.1, 0.15) is 21.5 Å². The lowest BCUT2D eigenvalue weighted by molar-refractivity contribution is 0.102. The number of nitrogens with one attached hydrogen (secondary N) is 1. The molecule has 0 radical (unpaired) electrons. The molecule has 1 N–H and O–H groups in total. The molecule has 2 aromatic rings. The Balaban J connectivity index is 2.26. The van der Waals surface area contributed by atoms with Crippen molar-refractivity contribution in [2.45, 2.75) is 11.8 Å². The average molecular weight is 298 g/mol. The van der Waals surface area contributed by atoms with Gasteiger partial charge in [-0.3, -0.25) is 9.00 Å². The van der Waals surface area contributed by atoms with Crippen molar-refractivity contribution in [3.05, 3.63) is 59.2 Å². The minimum Gasteiger partial charge on any atom is -0.322 e. The molecule has 21 heavy (non-hydrogen) atoms. The van der Waals surface area contributed by atoms with Crippen LogP contribution in [0.15, 0.2) is 47.4 Å². The SMILES string of the molecule is Cc1cccc(C(=O)Nc2ccc(S(C)=O)c(C#N)c2)c1. The molecule has 0 aliphatic carbocycles. The van der Waals surface area contributed by atoms with Crippen LogP contribution in [0.25, 0.3) is 0 Å². The molecule has 106 valence electrons. The Bertz CT molecular complexity index is 763. The van der Waals surface area contributed by atoms with Gasteiger partial charge in [-0.05, 0) is 37.3 Å². The Labute approximate surface area is 125 Å². The van der Waals surface area contributed by atoms with Crippen molar-refractivity contribution in [1.82, 2.24) is 0 Å². The van der Waals surface area contributed by atoms with E-state index in [-0.39, 0.29) is 5.91 Å². The second-order valence-electron chi connectivity index (χ2n) is 4.60. The van der Waals surface area contributed by atoms with Crippen LogP contribution in [0.4, 0.5) is 5.69 Å². The van der Waals surface area contributed by atoms with Crippen LogP contribution in [0.5, 0.6) is 0 Å². The number of nitrogens with zero attached hydrogens (tertiary/aromatic N) is 1. The van der Waals surface area contributed by atoms with Crippen LogP contribution >= 0.6 is 0 Å². The number of aryl methyl sites for hydroxylation is 1. The maximum Gasteiger partial charge on any atom is 0.255 e. The van der Waals surface area contributed by atoms with E-state index in [0.717, 1.165) is 5.56 Å². The van der Waals surface area contributed by atoms with Crippen LogP contribution in [0.3, 0.4) is 0 Å². The summed E-state index contributed by atoms with van der Waals surface area (Å²) in [6, 6.07) is 14.0. The predicted molar refractivity (Wildman–Crippen MR) is 82.6 cm³/mol. The van der Waals surface area contributed by atoms with Gasteiger partial charge in [0.15, 0.2) is 0 Å². The van der Waals surface area contributed by atoms with Crippen LogP contribution in [0, 0.1) is 18.3 Å². The highest BCUT2D eigenvalue weighted by molar-refractivity contribution is 7.84. The summed E-state index contributed by atoms with van der Waals surface area (Å²) >= 11 is 0. The third-order valence-corrected chi connectivity index (χ3v) is 3.92. The van der Waals surface area contributed by atoms with E-state index in [0.29, 0.717) is 21.7 Å². The molecular formula is C16H14N2O2S. The molecule has 1 unspecified atom stereocenters. The maximum absolute atomic E-state index is 12.1. The molecule has 0 aliphatic heterocycles. The lowest BCUT2D eigenvalue weighted by Crippen LogP contribution is -2.12. The summed E-state index contributed by atoms with van der Waals surface area (Å²) < 4.78 is 11.5. The van der Waals surface area contributed by atoms with Gasteiger partial charge in [-0.15, -0.1) is 0 Å². The van der Waals surface area contributed by atoms with Crippen LogP contribution in [-0.4, -0.2) is 16.4 Å². The summed E-state index contributed by atoms with van der Waals surface area (Å²) in [5.41, 5.74) is 2.36. The number of benzene rings is 2. The van der Waals surface area contributed by atoms with E-state index in [2.05, 4.69) is 5.32 Å². The van der Waals surface area contributed by atoms with Crippen molar-refractivity contribution < 1.29 is 9.00 Å². The molecule has 0 fully saturated rings. The fourth-order valence-corrected chi connectivity index (χ4v) is 2.61. The topological polar surface area (TPSA) is 70.0 Å². The summed E-state index contributed by atoms with van der Waals surface area (Å²) in [5.74, 6) is -0.243. The molecule has 2 rings (SSSR count). The maximum atomic E-state index is 12.1. The Hall–Kier alpha value is -2.45. The van der Waals surface area contributed by atoms with E-state index in [1.807, 2.05) is 25.1 Å². The molecule has 0 aromatic heterocycles. The highest BCUT2D eigenvalue weighted by Crippen LogP contribution is 2.18. The number of hydrogen-bond acceptors (Lipinski definition) is 3. The average Bonchev–Trinajstić information content (AvgIpc) is 2.46. The summed E-state index contributed by atoms with van der Waals surface area (Å²) in [5, 5.41) is 11.8. The van der Waals surface area contributed by atoms with Gasteiger partial charge in [0.2, 0.25) is 0 Å². The molecule has 0 spiro atoms. The van der Waals surface area contributed by atoms with Crippen molar-refractivity contribution in [2.75, 3.05) is 11.6 Å². The van der Waals surface area contributed by atoms with Gasteiger partial charge < -0.3 is 5.32 Å². The van der Waals surface area contributed by atoms with Gasteiger partial charge in [-0.2, -0.15) is 5.26 Å². The minimum atomic E-state index is -1.24. The molecule has 0 saturated heterocycles. The molecule has 1 amide bonds.